The number of hydrogen-bond donors (Lipinski definition) is 1. The Morgan fingerprint density at radius 2 is 2.17 bits per heavy atom. The summed E-state index contributed by atoms with van der Waals surface area (Å²) in [6, 6.07) is 3.66. The minimum absolute atomic E-state index is 0.0585. The second-order valence-electron chi connectivity index (χ2n) is 4.29. The van der Waals surface area contributed by atoms with E-state index in [1.54, 1.807) is 10.9 Å². The van der Waals surface area contributed by atoms with Crippen molar-refractivity contribution in [3.05, 3.63) is 53.4 Å². The van der Waals surface area contributed by atoms with E-state index in [2.05, 4.69) is 10.4 Å². The minimum Gasteiger partial charge on any atom is -0.306 e. The molecule has 0 bridgehead atoms. The van der Waals surface area contributed by atoms with Gasteiger partial charge < -0.3 is 5.32 Å². The molecule has 2 rings (SSSR count). The van der Waals surface area contributed by atoms with Crippen molar-refractivity contribution < 1.29 is 8.78 Å². The van der Waals surface area contributed by atoms with E-state index < -0.39 is 11.6 Å². The molecule has 0 saturated carbocycles. The van der Waals surface area contributed by atoms with Crippen molar-refractivity contribution in [1.29, 1.82) is 0 Å². The molecule has 0 aliphatic rings. The Kier molecular flexibility index (Phi) is 3.72. The summed E-state index contributed by atoms with van der Waals surface area (Å²) in [5.41, 5.74) is 1.48. The van der Waals surface area contributed by atoms with Crippen LogP contribution in [0.5, 0.6) is 0 Å². The van der Waals surface area contributed by atoms with Gasteiger partial charge in [0.2, 0.25) is 0 Å². The molecule has 1 unspecified atom stereocenters. The molecule has 5 heteroatoms. The fourth-order valence-corrected chi connectivity index (χ4v) is 1.71. The van der Waals surface area contributed by atoms with Crippen LogP contribution in [-0.4, -0.2) is 9.78 Å². The summed E-state index contributed by atoms with van der Waals surface area (Å²) < 4.78 is 27.9. The Labute approximate surface area is 104 Å². The molecular weight excluding hydrogens is 236 g/mol. The number of hydrogen-bond acceptors (Lipinski definition) is 2. The number of halogens is 2. The second kappa shape index (κ2) is 5.27. The maximum absolute atomic E-state index is 13.4. The lowest BCUT2D eigenvalue weighted by Gasteiger charge is -2.12. The van der Waals surface area contributed by atoms with Crippen molar-refractivity contribution in [2.24, 2.45) is 7.05 Å². The van der Waals surface area contributed by atoms with Crippen molar-refractivity contribution >= 4 is 0 Å². The highest BCUT2D eigenvalue weighted by Crippen LogP contribution is 2.14. The van der Waals surface area contributed by atoms with Crippen LogP contribution in [0.25, 0.3) is 0 Å². The van der Waals surface area contributed by atoms with E-state index in [1.165, 1.54) is 12.1 Å². The fourth-order valence-electron chi connectivity index (χ4n) is 1.71. The van der Waals surface area contributed by atoms with Crippen LogP contribution >= 0.6 is 0 Å². The molecule has 0 fully saturated rings. The summed E-state index contributed by atoms with van der Waals surface area (Å²) in [6.07, 6.45) is 3.66. The van der Waals surface area contributed by atoms with Crippen LogP contribution in [0.1, 0.15) is 24.1 Å². The number of rotatable bonds is 4. The van der Waals surface area contributed by atoms with Gasteiger partial charge in [0.1, 0.15) is 11.6 Å². The van der Waals surface area contributed by atoms with Gasteiger partial charge in [-0.05, 0) is 13.0 Å². The Balaban J connectivity index is 1.99. The predicted octanol–water partition coefficient (Wildman–Crippen LogP) is 2.55. The van der Waals surface area contributed by atoms with Gasteiger partial charge in [-0.1, -0.05) is 6.07 Å². The Morgan fingerprint density at radius 3 is 2.78 bits per heavy atom. The van der Waals surface area contributed by atoms with Gasteiger partial charge in [-0.15, -0.1) is 0 Å². The molecule has 1 aromatic carbocycles. The molecule has 1 atom stereocenters. The molecule has 96 valence electrons. The summed E-state index contributed by atoms with van der Waals surface area (Å²) >= 11 is 0. The first-order valence-electron chi connectivity index (χ1n) is 5.72. The molecule has 0 aliphatic heterocycles. The monoisotopic (exact) mass is 251 g/mol. The van der Waals surface area contributed by atoms with E-state index in [0.29, 0.717) is 12.1 Å². The van der Waals surface area contributed by atoms with Gasteiger partial charge in [0.05, 0.1) is 6.20 Å². The standard InChI is InChI=1S/C13H15F2N3/c1-9(11-7-17-18(2)8-11)16-6-10-3-4-12(14)5-13(10)15/h3-5,7-9,16H,6H2,1-2H3. The average molecular weight is 251 g/mol. The number of aryl methyl sites for hydroxylation is 1. The maximum atomic E-state index is 13.4. The van der Waals surface area contributed by atoms with Crippen molar-refractivity contribution in [2.45, 2.75) is 19.5 Å². The van der Waals surface area contributed by atoms with Crippen LogP contribution in [0.15, 0.2) is 30.6 Å². The molecule has 0 spiro atoms. The SMILES string of the molecule is CC(NCc1ccc(F)cc1F)c1cnn(C)c1. The zero-order chi connectivity index (χ0) is 13.1. The summed E-state index contributed by atoms with van der Waals surface area (Å²) in [7, 11) is 1.84. The zero-order valence-corrected chi connectivity index (χ0v) is 10.3. The van der Waals surface area contributed by atoms with Gasteiger partial charge in [0, 0.05) is 43.0 Å². The van der Waals surface area contributed by atoms with E-state index in [0.717, 1.165) is 11.6 Å². The molecule has 0 amide bonds. The Morgan fingerprint density at radius 1 is 1.39 bits per heavy atom. The van der Waals surface area contributed by atoms with E-state index in [4.69, 9.17) is 0 Å². The molecule has 18 heavy (non-hydrogen) atoms. The van der Waals surface area contributed by atoms with Gasteiger partial charge in [-0.2, -0.15) is 5.10 Å². The first-order valence-corrected chi connectivity index (χ1v) is 5.72. The molecule has 1 N–H and O–H groups in total. The number of nitrogens with one attached hydrogen (secondary N) is 1. The summed E-state index contributed by atoms with van der Waals surface area (Å²) in [6.45, 7) is 2.32. The van der Waals surface area contributed by atoms with Crippen LogP contribution in [0.3, 0.4) is 0 Å². The average Bonchev–Trinajstić information content (AvgIpc) is 2.74. The number of nitrogens with zero attached hydrogens (tertiary/aromatic N) is 2. The van der Waals surface area contributed by atoms with Crippen molar-refractivity contribution in [3.8, 4) is 0 Å². The lowest BCUT2D eigenvalue weighted by molar-refractivity contribution is 0.533. The van der Waals surface area contributed by atoms with Gasteiger partial charge in [-0.25, -0.2) is 8.78 Å². The largest absolute Gasteiger partial charge is 0.306 e. The highest BCUT2D eigenvalue weighted by atomic mass is 19.1. The lowest BCUT2D eigenvalue weighted by Crippen LogP contribution is -2.18. The fraction of sp³-hybridized carbons (Fsp3) is 0.308. The van der Waals surface area contributed by atoms with Crippen LogP contribution in [-0.2, 0) is 13.6 Å². The molecule has 0 aliphatic carbocycles. The molecule has 0 radical (unpaired) electrons. The molecule has 2 aromatic rings. The van der Waals surface area contributed by atoms with E-state index in [1.807, 2.05) is 20.2 Å². The quantitative estimate of drug-likeness (QED) is 0.905. The van der Waals surface area contributed by atoms with Gasteiger partial charge >= 0.3 is 0 Å². The summed E-state index contributed by atoms with van der Waals surface area (Å²) in [5, 5.41) is 7.25. The first-order chi connectivity index (χ1) is 8.56. The molecule has 0 saturated heterocycles. The van der Waals surface area contributed by atoms with Crippen LogP contribution in [0.2, 0.25) is 0 Å². The highest BCUT2D eigenvalue weighted by molar-refractivity contribution is 5.19. The molecular formula is C13H15F2N3. The number of aromatic nitrogens is 2. The maximum Gasteiger partial charge on any atom is 0.130 e. The van der Waals surface area contributed by atoms with Gasteiger partial charge in [0.25, 0.3) is 0 Å². The predicted molar refractivity (Wildman–Crippen MR) is 64.8 cm³/mol. The third-order valence-corrected chi connectivity index (χ3v) is 2.84. The van der Waals surface area contributed by atoms with Gasteiger partial charge in [-0.3, -0.25) is 4.68 Å². The van der Waals surface area contributed by atoms with Gasteiger partial charge in [0.15, 0.2) is 0 Å². The van der Waals surface area contributed by atoms with Crippen molar-refractivity contribution in [2.75, 3.05) is 0 Å². The summed E-state index contributed by atoms with van der Waals surface area (Å²) in [5.74, 6) is -1.09. The van der Waals surface area contributed by atoms with Crippen LogP contribution in [0.4, 0.5) is 8.78 Å². The summed E-state index contributed by atoms with van der Waals surface area (Å²) in [4.78, 5) is 0. The number of benzene rings is 1. The van der Waals surface area contributed by atoms with Crippen molar-refractivity contribution in [1.82, 2.24) is 15.1 Å². The second-order valence-corrected chi connectivity index (χ2v) is 4.29. The minimum atomic E-state index is -0.559. The zero-order valence-electron chi connectivity index (χ0n) is 10.3. The van der Waals surface area contributed by atoms with Crippen LogP contribution < -0.4 is 5.32 Å². The van der Waals surface area contributed by atoms with Crippen molar-refractivity contribution in [3.63, 3.8) is 0 Å². The van der Waals surface area contributed by atoms with Crippen LogP contribution in [0, 0.1) is 11.6 Å². The van der Waals surface area contributed by atoms with E-state index in [9.17, 15) is 8.78 Å². The Hall–Kier alpha value is -1.75. The third-order valence-electron chi connectivity index (χ3n) is 2.84. The lowest BCUT2D eigenvalue weighted by atomic mass is 10.1. The normalized spacial score (nSPS) is 12.7. The smallest absolute Gasteiger partial charge is 0.130 e. The first kappa shape index (κ1) is 12.7. The highest BCUT2D eigenvalue weighted by Gasteiger charge is 2.09. The molecule has 3 nitrogen and oxygen atoms in total. The third kappa shape index (κ3) is 2.92. The Bertz CT molecular complexity index is 537. The van der Waals surface area contributed by atoms with E-state index in [-0.39, 0.29) is 6.04 Å². The van der Waals surface area contributed by atoms with E-state index >= 15 is 0 Å². The molecule has 1 aromatic heterocycles. The molecule has 1 heterocycles. The topological polar surface area (TPSA) is 29.9 Å².